The van der Waals surface area contributed by atoms with Crippen molar-refractivity contribution in [2.45, 2.75) is 12.6 Å². The number of halogens is 2. The highest BCUT2D eigenvalue weighted by molar-refractivity contribution is 9.10. The van der Waals surface area contributed by atoms with E-state index in [1.165, 1.54) is 5.56 Å². The van der Waals surface area contributed by atoms with Gasteiger partial charge in [0.1, 0.15) is 6.23 Å². The standard InChI is InChI=1S/C10H12BrNO.ClH/c11-9-4-2-8(3-5-9)10-12-6-1-7-13-10;/h2-5,10,12H,1,6-7H2;1H. The monoisotopic (exact) mass is 277 g/mol. The van der Waals surface area contributed by atoms with E-state index in [4.69, 9.17) is 4.74 Å². The van der Waals surface area contributed by atoms with Crippen molar-refractivity contribution in [1.29, 1.82) is 0 Å². The molecule has 1 unspecified atom stereocenters. The van der Waals surface area contributed by atoms with Gasteiger partial charge >= 0.3 is 0 Å². The third kappa shape index (κ3) is 2.95. The Balaban J connectivity index is 0.000000980. The predicted molar refractivity (Wildman–Crippen MR) is 62.7 cm³/mol. The number of hydrogen-bond acceptors (Lipinski definition) is 2. The number of hydrogen-bond donors (Lipinski definition) is 1. The minimum absolute atomic E-state index is 0. The summed E-state index contributed by atoms with van der Waals surface area (Å²) in [5.41, 5.74) is 1.20. The van der Waals surface area contributed by atoms with E-state index >= 15 is 0 Å². The van der Waals surface area contributed by atoms with Crippen molar-refractivity contribution in [3.8, 4) is 0 Å². The van der Waals surface area contributed by atoms with Crippen LogP contribution in [-0.2, 0) is 4.74 Å². The third-order valence-corrected chi connectivity index (χ3v) is 2.64. The van der Waals surface area contributed by atoms with Crippen LogP contribution < -0.4 is 5.32 Å². The molecule has 78 valence electrons. The van der Waals surface area contributed by atoms with Crippen LogP contribution in [0.2, 0.25) is 0 Å². The number of rotatable bonds is 1. The molecule has 1 aromatic carbocycles. The van der Waals surface area contributed by atoms with Crippen LogP contribution in [0.25, 0.3) is 0 Å². The first kappa shape index (κ1) is 12.0. The molecule has 4 heteroatoms. The lowest BCUT2D eigenvalue weighted by Crippen LogP contribution is -2.30. The van der Waals surface area contributed by atoms with E-state index in [0.717, 1.165) is 24.0 Å². The summed E-state index contributed by atoms with van der Waals surface area (Å²) in [5.74, 6) is 0. The molecule has 0 spiro atoms. The molecule has 1 N–H and O–H groups in total. The Bertz CT molecular complexity index is 272. The summed E-state index contributed by atoms with van der Waals surface area (Å²) in [7, 11) is 0. The average Bonchev–Trinajstić information content (AvgIpc) is 2.20. The molecule has 1 atom stereocenters. The molecular weight excluding hydrogens is 265 g/mol. The van der Waals surface area contributed by atoms with Crippen LogP contribution in [-0.4, -0.2) is 13.2 Å². The topological polar surface area (TPSA) is 21.3 Å². The first-order valence-corrected chi connectivity index (χ1v) is 5.26. The Morgan fingerprint density at radius 1 is 1.29 bits per heavy atom. The fraction of sp³-hybridized carbons (Fsp3) is 0.400. The maximum atomic E-state index is 5.58. The molecule has 1 aromatic rings. The normalized spacial score (nSPS) is 21.4. The van der Waals surface area contributed by atoms with Crippen molar-refractivity contribution in [1.82, 2.24) is 5.32 Å². The van der Waals surface area contributed by atoms with Crippen LogP contribution >= 0.6 is 28.3 Å². The zero-order valence-corrected chi connectivity index (χ0v) is 10.1. The molecular formula is C10H13BrClNO. The van der Waals surface area contributed by atoms with Crippen molar-refractivity contribution in [2.75, 3.05) is 13.2 Å². The van der Waals surface area contributed by atoms with Gasteiger partial charge in [-0.15, -0.1) is 12.4 Å². The fourth-order valence-electron chi connectivity index (χ4n) is 1.42. The van der Waals surface area contributed by atoms with Crippen LogP contribution in [0, 0.1) is 0 Å². The van der Waals surface area contributed by atoms with Gasteiger partial charge in [-0.25, -0.2) is 0 Å². The maximum Gasteiger partial charge on any atom is 0.134 e. The molecule has 2 rings (SSSR count). The Morgan fingerprint density at radius 2 is 2.00 bits per heavy atom. The van der Waals surface area contributed by atoms with Gasteiger partial charge in [0.05, 0.1) is 6.61 Å². The van der Waals surface area contributed by atoms with Gasteiger partial charge in [0, 0.05) is 11.0 Å². The van der Waals surface area contributed by atoms with E-state index in [0.29, 0.717) is 0 Å². The number of nitrogens with one attached hydrogen (secondary N) is 1. The highest BCUT2D eigenvalue weighted by atomic mass is 79.9. The summed E-state index contributed by atoms with van der Waals surface area (Å²) in [6.07, 6.45) is 1.19. The van der Waals surface area contributed by atoms with Crippen LogP contribution in [0.3, 0.4) is 0 Å². The Hall–Kier alpha value is -0.0900. The van der Waals surface area contributed by atoms with E-state index in [2.05, 4.69) is 33.4 Å². The van der Waals surface area contributed by atoms with Gasteiger partial charge in [0.25, 0.3) is 0 Å². The first-order valence-electron chi connectivity index (χ1n) is 4.47. The van der Waals surface area contributed by atoms with Crippen molar-refractivity contribution in [2.24, 2.45) is 0 Å². The Kier molecular flexibility index (Phi) is 4.89. The lowest BCUT2D eigenvalue weighted by atomic mass is 10.2. The quantitative estimate of drug-likeness (QED) is 0.853. The lowest BCUT2D eigenvalue weighted by molar-refractivity contribution is -0.000318. The van der Waals surface area contributed by atoms with Crippen LogP contribution in [0.1, 0.15) is 18.2 Å². The van der Waals surface area contributed by atoms with Gasteiger partial charge in [0.15, 0.2) is 0 Å². The smallest absolute Gasteiger partial charge is 0.134 e. The van der Waals surface area contributed by atoms with E-state index in [-0.39, 0.29) is 18.6 Å². The van der Waals surface area contributed by atoms with Gasteiger partial charge in [-0.2, -0.15) is 0 Å². The zero-order valence-electron chi connectivity index (χ0n) is 7.70. The molecule has 0 radical (unpaired) electrons. The zero-order chi connectivity index (χ0) is 9.10. The van der Waals surface area contributed by atoms with E-state index < -0.39 is 0 Å². The van der Waals surface area contributed by atoms with Crippen molar-refractivity contribution in [3.63, 3.8) is 0 Å². The van der Waals surface area contributed by atoms with Gasteiger partial charge in [-0.3, -0.25) is 5.32 Å². The molecule has 14 heavy (non-hydrogen) atoms. The molecule has 1 saturated heterocycles. The molecule has 0 aliphatic carbocycles. The minimum atomic E-state index is 0. The van der Waals surface area contributed by atoms with Crippen molar-refractivity contribution in [3.05, 3.63) is 34.3 Å². The summed E-state index contributed by atoms with van der Waals surface area (Å²) in [5, 5.41) is 3.32. The average molecular weight is 279 g/mol. The van der Waals surface area contributed by atoms with Gasteiger partial charge in [-0.1, -0.05) is 28.1 Å². The van der Waals surface area contributed by atoms with Crippen molar-refractivity contribution < 1.29 is 4.74 Å². The van der Waals surface area contributed by atoms with Crippen LogP contribution in [0.5, 0.6) is 0 Å². The highest BCUT2D eigenvalue weighted by Crippen LogP contribution is 2.19. The first-order chi connectivity index (χ1) is 6.36. The predicted octanol–water partition coefficient (Wildman–Crippen LogP) is 2.88. The maximum absolute atomic E-state index is 5.58. The van der Waals surface area contributed by atoms with Crippen LogP contribution in [0.4, 0.5) is 0 Å². The SMILES string of the molecule is Brc1ccc(C2NCCCO2)cc1.Cl. The third-order valence-electron chi connectivity index (χ3n) is 2.11. The lowest BCUT2D eigenvalue weighted by Gasteiger charge is -2.24. The highest BCUT2D eigenvalue weighted by Gasteiger charge is 2.14. The summed E-state index contributed by atoms with van der Waals surface area (Å²) >= 11 is 3.41. The second-order valence-corrected chi connectivity index (χ2v) is 4.03. The van der Waals surface area contributed by atoms with Gasteiger partial charge < -0.3 is 4.74 Å². The Morgan fingerprint density at radius 3 is 2.57 bits per heavy atom. The van der Waals surface area contributed by atoms with E-state index in [1.807, 2.05) is 12.1 Å². The molecule has 1 fully saturated rings. The molecule has 0 bridgehead atoms. The van der Waals surface area contributed by atoms with Gasteiger partial charge in [-0.05, 0) is 24.1 Å². The fourth-order valence-corrected chi connectivity index (χ4v) is 1.68. The second kappa shape index (κ2) is 5.71. The molecule has 0 saturated carbocycles. The summed E-state index contributed by atoms with van der Waals surface area (Å²) in [6, 6.07) is 8.23. The van der Waals surface area contributed by atoms with E-state index in [9.17, 15) is 0 Å². The van der Waals surface area contributed by atoms with Crippen molar-refractivity contribution >= 4 is 28.3 Å². The molecule has 2 nitrogen and oxygen atoms in total. The van der Waals surface area contributed by atoms with Gasteiger partial charge in [0.2, 0.25) is 0 Å². The summed E-state index contributed by atoms with van der Waals surface area (Å²) < 4.78 is 6.68. The van der Waals surface area contributed by atoms with E-state index in [1.54, 1.807) is 0 Å². The summed E-state index contributed by atoms with van der Waals surface area (Å²) in [4.78, 5) is 0. The molecule has 0 aromatic heterocycles. The molecule has 1 aliphatic heterocycles. The number of ether oxygens (including phenoxy) is 1. The summed E-state index contributed by atoms with van der Waals surface area (Å²) in [6.45, 7) is 1.90. The molecule has 0 amide bonds. The minimum Gasteiger partial charge on any atom is -0.359 e. The van der Waals surface area contributed by atoms with Crippen LogP contribution in [0.15, 0.2) is 28.7 Å². The Labute approximate surface area is 98.6 Å². The second-order valence-electron chi connectivity index (χ2n) is 3.11. The largest absolute Gasteiger partial charge is 0.359 e. The molecule has 1 aliphatic rings. The molecule has 1 heterocycles. The number of benzene rings is 1.